The Kier molecular flexibility index (Phi) is 13.5. The molecule has 0 radical (unpaired) electrons. The Labute approximate surface area is 158 Å². The average molecular weight is 368 g/mol. The van der Waals surface area contributed by atoms with E-state index in [0.29, 0.717) is 0 Å². The summed E-state index contributed by atoms with van der Waals surface area (Å²) in [4.78, 5) is 8.36. The monoisotopic (exact) mass is 367 g/mol. The standard InChI is InChI=1S/C20H36N2.HNO3/c1-2-4-8-12-16-19(15-11-7-3-1)20-17-13-9-5-6-10-14-18-21-22-20;2-1(3)4/h15,21H,1-14,16-18H2;(H,2,3,4)/b19-15+,22-20-;. The van der Waals surface area contributed by atoms with Crippen LogP contribution in [-0.2, 0) is 0 Å². The van der Waals surface area contributed by atoms with Gasteiger partial charge < -0.3 is 10.6 Å². The van der Waals surface area contributed by atoms with Gasteiger partial charge in [-0.3, -0.25) is 0 Å². The molecule has 6 nitrogen and oxygen atoms in total. The highest BCUT2D eigenvalue weighted by Crippen LogP contribution is 2.20. The lowest BCUT2D eigenvalue weighted by molar-refractivity contribution is -0.742. The highest BCUT2D eigenvalue weighted by Gasteiger charge is 2.09. The predicted molar refractivity (Wildman–Crippen MR) is 106 cm³/mol. The molecule has 1 aliphatic heterocycles. The second-order valence-electron chi connectivity index (χ2n) is 7.32. The second kappa shape index (κ2) is 15.6. The van der Waals surface area contributed by atoms with Crippen molar-refractivity contribution in [3.05, 3.63) is 21.8 Å². The van der Waals surface area contributed by atoms with Crippen LogP contribution >= 0.6 is 0 Å². The minimum absolute atomic E-state index is 1.05. The van der Waals surface area contributed by atoms with Crippen molar-refractivity contribution in [2.75, 3.05) is 6.54 Å². The zero-order valence-corrected chi connectivity index (χ0v) is 16.3. The van der Waals surface area contributed by atoms with E-state index in [2.05, 4.69) is 11.5 Å². The third-order valence-corrected chi connectivity index (χ3v) is 5.08. The Hall–Kier alpha value is -1.59. The number of nitrogens with zero attached hydrogens (tertiary/aromatic N) is 2. The highest BCUT2D eigenvalue weighted by molar-refractivity contribution is 5.99. The molecule has 0 fully saturated rings. The van der Waals surface area contributed by atoms with E-state index in [1.807, 2.05) is 0 Å². The van der Waals surface area contributed by atoms with E-state index in [-0.39, 0.29) is 0 Å². The van der Waals surface area contributed by atoms with E-state index in [4.69, 9.17) is 20.4 Å². The first-order chi connectivity index (χ1) is 12.7. The van der Waals surface area contributed by atoms with Crippen molar-refractivity contribution < 1.29 is 10.3 Å². The maximum Gasteiger partial charge on any atom is 0.291 e. The van der Waals surface area contributed by atoms with Gasteiger partial charge in [0, 0.05) is 6.54 Å². The van der Waals surface area contributed by atoms with E-state index >= 15 is 0 Å². The normalized spacial score (nSPS) is 25.2. The van der Waals surface area contributed by atoms with Crippen LogP contribution in [0.3, 0.4) is 0 Å². The molecule has 2 aliphatic rings. The predicted octanol–water partition coefficient (Wildman–Crippen LogP) is 5.78. The molecule has 26 heavy (non-hydrogen) atoms. The van der Waals surface area contributed by atoms with Crippen LogP contribution in [0.15, 0.2) is 16.8 Å². The summed E-state index contributed by atoms with van der Waals surface area (Å²) in [6.07, 6.45) is 24.2. The molecule has 1 aliphatic carbocycles. The van der Waals surface area contributed by atoms with E-state index in [1.54, 1.807) is 5.57 Å². The summed E-state index contributed by atoms with van der Waals surface area (Å²) in [5, 5.41) is 18.4. The lowest BCUT2D eigenvalue weighted by atomic mass is 9.97. The fraction of sp³-hybridized carbons (Fsp3) is 0.850. The van der Waals surface area contributed by atoms with Crippen molar-refractivity contribution in [2.24, 2.45) is 5.10 Å². The number of rotatable bonds is 1. The minimum Gasteiger partial charge on any atom is -0.328 e. The molecule has 0 atom stereocenters. The first-order valence-electron chi connectivity index (χ1n) is 10.5. The van der Waals surface area contributed by atoms with Crippen molar-refractivity contribution in [2.45, 2.75) is 103 Å². The lowest BCUT2D eigenvalue weighted by Gasteiger charge is -2.12. The fourth-order valence-electron chi connectivity index (χ4n) is 3.63. The van der Waals surface area contributed by atoms with E-state index < -0.39 is 5.09 Å². The van der Waals surface area contributed by atoms with E-state index in [1.165, 1.54) is 108 Å². The molecule has 0 aromatic rings. The van der Waals surface area contributed by atoms with Gasteiger partial charge in [-0.15, -0.1) is 10.1 Å². The molecule has 0 aromatic carbocycles. The van der Waals surface area contributed by atoms with Crippen LogP contribution in [0.4, 0.5) is 0 Å². The maximum absolute atomic E-state index is 8.36. The van der Waals surface area contributed by atoms with Crippen molar-refractivity contribution in [3.63, 3.8) is 0 Å². The molecular weight excluding hydrogens is 330 g/mol. The van der Waals surface area contributed by atoms with Crippen LogP contribution in [0.25, 0.3) is 0 Å². The molecule has 0 saturated heterocycles. The number of hydrazone groups is 1. The van der Waals surface area contributed by atoms with Crippen LogP contribution < -0.4 is 5.43 Å². The molecule has 0 spiro atoms. The molecule has 2 rings (SSSR count). The fourth-order valence-corrected chi connectivity index (χ4v) is 3.63. The van der Waals surface area contributed by atoms with Crippen LogP contribution in [0.1, 0.15) is 103 Å². The summed E-state index contributed by atoms with van der Waals surface area (Å²) in [7, 11) is 0. The number of hydrogen-bond acceptors (Lipinski definition) is 4. The minimum atomic E-state index is -1.50. The summed E-state index contributed by atoms with van der Waals surface area (Å²) in [6.45, 7) is 1.05. The molecular formula is C20H37N3O3. The smallest absolute Gasteiger partial charge is 0.291 e. The van der Waals surface area contributed by atoms with Crippen LogP contribution in [0.5, 0.6) is 0 Å². The van der Waals surface area contributed by atoms with E-state index in [0.717, 1.165) is 6.54 Å². The highest BCUT2D eigenvalue weighted by atomic mass is 16.9. The molecule has 0 saturated carbocycles. The van der Waals surface area contributed by atoms with E-state index in [9.17, 15) is 0 Å². The van der Waals surface area contributed by atoms with Gasteiger partial charge in [-0.05, 0) is 50.5 Å². The van der Waals surface area contributed by atoms with Crippen molar-refractivity contribution in [1.82, 2.24) is 5.43 Å². The zero-order valence-electron chi connectivity index (χ0n) is 16.3. The van der Waals surface area contributed by atoms with Crippen LogP contribution in [0, 0.1) is 10.1 Å². The Morgan fingerprint density at radius 3 is 2.00 bits per heavy atom. The van der Waals surface area contributed by atoms with Gasteiger partial charge in [0.25, 0.3) is 5.09 Å². The molecule has 1 heterocycles. The summed E-state index contributed by atoms with van der Waals surface area (Å²) in [5.74, 6) is 0. The Morgan fingerprint density at radius 1 is 0.846 bits per heavy atom. The summed E-state index contributed by atoms with van der Waals surface area (Å²) in [5.41, 5.74) is 6.29. The Morgan fingerprint density at radius 2 is 1.35 bits per heavy atom. The molecule has 2 N–H and O–H groups in total. The van der Waals surface area contributed by atoms with Crippen LogP contribution in [-0.4, -0.2) is 22.6 Å². The largest absolute Gasteiger partial charge is 0.328 e. The van der Waals surface area contributed by atoms with Crippen LogP contribution in [0.2, 0.25) is 0 Å². The molecule has 0 aromatic heterocycles. The molecule has 150 valence electrons. The van der Waals surface area contributed by atoms with Gasteiger partial charge in [0.1, 0.15) is 0 Å². The molecule has 0 bridgehead atoms. The Bertz CT molecular complexity index is 398. The number of nitrogens with one attached hydrogen (secondary N) is 1. The summed E-state index contributed by atoms with van der Waals surface area (Å²) >= 11 is 0. The van der Waals surface area contributed by atoms with Gasteiger partial charge >= 0.3 is 0 Å². The quantitative estimate of drug-likeness (QED) is 0.454. The summed E-state index contributed by atoms with van der Waals surface area (Å²) < 4.78 is 0. The number of hydrogen-bond donors (Lipinski definition) is 2. The third kappa shape index (κ3) is 12.7. The lowest BCUT2D eigenvalue weighted by Crippen LogP contribution is -2.14. The van der Waals surface area contributed by atoms with Crippen molar-refractivity contribution in [1.29, 1.82) is 0 Å². The third-order valence-electron chi connectivity index (χ3n) is 5.08. The first-order valence-corrected chi connectivity index (χ1v) is 10.5. The van der Waals surface area contributed by atoms with Gasteiger partial charge in [-0.2, -0.15) is 5.10 Å². The van der Waals surface area contributed by atoms with Gasteiger partial charge in [-0.1, -0.05) is 63.9 Å². The first kappa shape index (κ1) is 22.5. The van der Waals surface area contributed by atoms with Gasteiger partial charge in [0.2, 0.25) is 0 Å². The van der Waals surface area contributed by atoms with Crippen molar-refractivity contribution in [3.8, 4) is 0 Å². The Balaban J connectivity index is 0.000000765. The number of allylic oxidation sites excluding steroid dienone is 2. The molecule has 0 amide bonds. The average Bonchev–Trinajstić information content (AvgIpc) is 2.70. The van der Waals surface area contributed by atoms with Crippen molar-refractivity contribution >= 4 is 5.71 Å². The summed E-state index contributed by atoms with van der Waals surface area (Å²) in [6, 6.07) is 0. The van der Waals surface area contributed by atoms with Gasteiger partial charge in [-0.25, -0.2) is 0 Å². The molecule has 0 unspecified atom stereocenters. The SMILES string of the molecule is C1=C(/C2=N\NCCCCCCCC2)CCCCCCCCC/1.O=[N+]([O-])O. The zero-order chi connectivity index (χ0) is 18.9. The maximum atomic E-state index is 8.36. The van der Waals surface area contributed by atoms with Gasteiger partial charge in [0.15, 0.2) is 0 Å². The molecule has 6 heteroatoms. The topological polar surface area (TPSA) is 87.8 Å². The second-order valence-corrected chi connectivity index (χ2v) is 7.32. The van der Waals surface area contributed by atoms with Gasteiger partial charge in [0.05, 0.1) is 5.71 Å².